The Morgan fingerprint density at radius 1 is 1.09 bits per heavy atom. The van der Waals surface area contributed by atoms with Gasteiger partial charge < -0.3 is 19.3 Å². The van der Waals surface area contributed by atoms with E-state index in [0.29, 0.717) is 43.1 Å². The summed E-state index contributed by atoms with van der Waals surface area (Å²) in [7, 11) is 3.16. The van der Waals surface area contributed by atoms with Crippen molar-refractivity contribution < 1.29 is 24.0 Å². The number of rotatable bonds is 8. The molecule has 0 saturated heterocycles. The van der Waals surface area contributed by atoms with Crippen molar-refractivity contribution in [2.45, 2.75) is 26.8 Å². The van der Waals surface area contributed by atoms with Crippen LogP contribution in [0, 0.1) is 16.0 Å². The number of carbonyl (C=O) groups is 2. The monoisotopic (exact) mass is 455 g/mol. The fraction of sp³-hybridized carbons (Fsp3) is 0.417. The lowest BCUT2D eigenvalue weighted by Crippen LogP contribution is -2.45. The van der Waals surface area contributed by atoms with E-state index in [0.717, 1.165) is 11.1 Å². The molecule has 9 nitrogen and oxygen atoms in total. The highest BCUT2D eigenvalue weighted by atomic mass is 16.6. The summed E-state index contributed by atoms with van der Waals surface area (Å²) < 4.78 is 10.8. The molecule has 0 spiro atoms. The summed E-state index contributed by atoms with van der Waals surface area (Å²) >= 11 is 0. The van der Waals surface area contributed by atoms with E-state index in [4.69, 9.17) is 9.47 Å². The number of hydrogen-bond acceptors (Lipinski definition) is 6. The molecule has 33 heavy (non-hydrogen) atoms. The fourth-order valence-corrected chi connectivity index (χ4v) is 3.93. The maximum Gasteiger partial charge on any atom is 0.269 e. The van der Waals surface area contributed by atoms with Crippen molar-refractivity contribution in [1.29, 1.82) is 0 Å². The smallest absolute Gasteiger partial charge is 0.269 e. The minimum absolute atomic E-state index is 0.0589. The zero-order valence-electron chi connectivity index (χ0n) is 19.4. The van der Waals surface area contributed by atoms with Crippen molar-refractivity contribution >= 4 is 17.5 Å². The highest BCUT2D eigenvalue weighted by Gasteiger charge is 2.27. The Morgan fingerprint density at radius 3 is 2.24 bits per heavy atom. The van der Waals surface area contributed by atoms with Crippen LogP contribution in [0.2, 0.25) is 0 Å². The summed E-state index contributed by atoms with van der Waals surface area (Å²) in [6, 6.07) is 9.28. The molecule has 0 radical (unpaired) electrons. The van der Waals surface area contributed by atoms with Gasteiger partial charge in [0.2, 0.25) is 5.91 Å². The fourth-order valence-electron chi connectivity index (χ4n) is 3.93. The Balaban J connectivity index is 1.75. The maximum absolute atomic E-state index is 13.1. The summed E-state index contributed by atoms with van der Waals surface area (Å²) in [6.07, 6.45) is 0.682. The Labute approximate surface area is 193 Å². The number of nitro benzene ring substituents is 1. The molecule has 0 N–H and O–H groups in total. The Morgan fingerprint density at radius 2 is 1.70 bits per heavy atom. The summed E-state index contributed by atoms with van der Waals surface area (Å²) in [5, 5.41) is 10.9. The van der Waals surface area contributed by atoms with E-state index in [-0.39, 0.29) is 30.0 Å². The van der Waals surface area contributed by atoms with Gasteiger partial charge in [-0.25, -0.2) is 0 Å². The second-order valence-electron chi connectivity index (χ2n) is 8.42. The molecule has 1 aliphatic heterocycles. The number of nitrogens with zero attached hydrogens (tertiary/aromatic N) is 3. The number of methoxy groups -OCH3 is 2. The average Bonchev–Trinajstić information content (AvgIpc) is 2.81. The number of nitro groups is 1. The molecule has 9 heteroatoms. The predicted molar refractivity (Wildman–Crippen MR) is 123 cm³/mol. The van der Waals surface area contributed by atoms with Gasteiger partial charge in [-0.2, -0.15) is 0 Å². The molecule has 0 fully saturated rings. The van der Waals surface area contributed by atoms with Gasteiger partial charge in [0.05, 0.1) is 19.1 Å². The minimum atomic E-state index is -0.511. The quantitative estimate of drug-likeness (QED) is 0.447. The van der Waals surface area contributed by atoms with Crippen molar-refractivity contribution in [3.63, 3.8) is 0 Å². The van der Waals surface area contributed by atoms with Crippen LogP contribution in [0.5, 0.6) is 11.5 Å². The van der Waals surface area contributed by atoms with Gasteiger partial charge in [-0.1, -0.05) is 13.8 Å². The van der Waals surface area contributed by atoms with E-state index in [2.05, 4.69) is 0 Å². The number of amides is 2. The average molecular weight is 456 g/mol. The van der Waals surface area contributed by atoms with Crippen LogP contribution in [0.4, 0.5) is 5.69 Å². The first-order valence-corrected chi connectivity index (χ1v) is 10.8. The molecular formula is C24H29N3O6. The Hall–Kier alpha value is -3.62. The summed E-state index contributed by atoms with van der Waals surface area (Å²) in [4.78, 5) is 39.9. The highest BCUT2D eigenvalue weighted by molar-refractivity contribution is 5.96. The molecule has 1 aliphatic rings. The van der Waals surface area contributed by atoms with E-state index in [9.17, 15) is 19.7 Å². The van der Waals surface area contributed by atoms with E-state index in [1.165, 1.54) is 29.2 Å². The molecule has 0 aliphatic carbocycles. The molecule has 1 heterocycles. The van der Waals surface area contributed by atoms with Crippen LogP contribution in [0.1, 0.15) is 35.3 Å². The van der Waals surface area contributed by atoms with Crippen molar-refractivity contribution in [3.05, 3.63) is 63.2 Å². The third kappa shape index (κ3) is 5.60. The number of hydrogen-bond donors (Lipinski definition) is 0. The lowest BCUT2D eigenvalue weighted by atomic mass is 9.98. The SMILES string of the molecule is COc1cc2c(cc1OC)CN(C(=O)CN(CC(C)C)C(=O)c1ccc([N+](=O)[O-])cc1)CC2. The zero-order chi connectivity index (χ0) is 24.1. The normalized spacial score (nSPS) is 12.8. The highest BCUT2D eigenvalue weighted by Crippen LogP contribution is 2.33. The third-order valence-corrected chi connectivity index (χ3v) is 5.59. The molecule has 3 rings (SSSR count). The van der Waals surface area contributed by atoms with Crippen molar-refractivity contribution in [2.24, 2.45) is 5.92 Å². The van der Waals surface area contributed by atoms with Crippen LogP contribution in [-0.2, 0) is 17.8 Å². The molecule has 0 saturated carbocycles. The van der Waals surface area contributed by atoms with Gasteiger partial charge in [-0.3, -0.25) is 19.7 Å². The largest absolute Gasteiger partial charge is 0.493 e. The number of ether oxygens (including phenoxy) is 2. The van der Waals surface area contributed by atoms with Crippen LogP contribution in [-0.4, -0.2) is 60.4 Å². The summed E-state index contributed by atoms with van der Waals surface area (Å²) in [5.41, 5.74) is 2.33. The molecule has 0 atom stereocenters. The van der Waals surface area contributed by atoms with Gasteiger partial charge in [0, 0.05) is 37.3 Å². The third-order valence-electron chi connectivity index (χ3n) is 5.59. The summed E-state index contributed by atoms with van der Waals surface area (Å²) in [5.74, 6) is 0.953. The van der Waals surface area contributed by atoms with Crippen LogP contribution in [0.25, 0.3) is 0 Å². The lowest BCUT2D eigenvalue weighted by Gasteiger charge is -2.32. The topological polar surface area (TPSA) is 102 Å². The number of carbonyl (C=O) groups excluding carboxylic acids is 2. The van der Waals surface area contributed by atoms with Gasteiger partial charge in [-0.15, -0.1) is 0 Å². The van der Waals surface area contributed by atoms with Gasteiger partial charge in [0.15, 0.2) is 11.5 Å². The molecule has 2 aromatic rings. The first kappa shape index (κ1) is 24.0. The Kier molecular flexibility index (Phi) is 7.52. The second-order valence-corrected chi connectivity index (χ2v) is 8.42. The molecule has 176 valence electrons. The van der Waals surface area contributed by atoms with Crippen LogP contribution in [0.15, 0.2) is 36.4 Å². The van der Waals surface area contributed by atoms with Crippen LogP contribution >= 0.6 is 0 Å². The first-order chi connectivity index (χ1) is 15.7. The molecular weight excluding hydrogens is 426 g/mol. The van der Waals surface area contributed by atoms with Gasteiger partial charge in [-0.05, 0) is 47.7 Å². The molecule has 2 amide bonds. The van der Waals surface area contributed by atoms with E-state index in [1.54, 1.807) is 19.1 Å². The minimum Gasteiger partial charge on any atom is -0.493 e. The maximum atomic E-state index is 13.1. The predicted octanol–water partition coefficient (Wildman–Crippen LogP) is 3.30. The van der Waals surface area contributed by atoms with Gasteiger partial charge >= 0.3 is 0 Å². The summed E-state index contributed by atoms with van der Waals surface area (Å²) in [6.45, 7) is 5.25. The van der Waals surface area contributed by atoms with Crippen molar-refractivity contribution in [2.75, 3.05) is 33.9 Å². The van der Waals surface area contributed by atoms with Gasteiger partial charge in [0.25, 0.3) is 11.6 Å². The molecule has 2 aromatic carbocycles. The van der Waals surface area contributed by atoms with E-state index < -0.39 is 4.92 Å². The van der Waals surface area contributed by atoms with E-state index in [1.807, 2.05) is 26.0 Å². The Bertz CT molecular complexity index is 1040. The molecule has 0 unspecified atom stereocenters. The number of benzene rings is 2. The lowest BCUT2D eigenvalue weighted by molar-refractivity contribution is -0.384. The van der Waals surface area contributed by atoms with Gasteiger partial charge in [0.1, 0.15) is 6.54 Å². The van der Waals surface area contributed by atoms with Crippen molar-refractivity contribution in [1.82, 2.24) is 9.80 Å². The molecule has 0 bridgehead atoms. The van der Waals surface area contributed by atoms with E-state index >= 15 is 0 Å². The zero-order valence-corrected chi connectivity index (χ0v) is 19.4. The second kappa shape index (κ2) is 10.3. The van der Waals surface area contributed by atoms with Crippen LogP contribution in [0.3, 0.4) is 0 Å². The first-order valence-electron chi connectivity index (χ1n) is 10.8. The number of fused-ring (bicyclic) bond motifs is 1. The number of non-ortho nitro benzene ring substituents is 1. The van der Waals surface area contributed by atoms with Crippen molar-refractivity contribution in [3.8, 4) is 11.5 Å². The van der Waals surface area contributed by atoms with Crippen LogP contribution < -0.4 is 9.47 Å². The molecule has 0 aromatic heterocycles. The standard InChI is InChI=1S/C24H29N3O6/c1-16(2)13-26(24(29)17-5-7-20(8-6-17)27(30)31)15-23(28)25-10-9-18-11-21(32-3)22(33-4)12-19(18)14-25/h5-8,11-12,16H,9-10,13-15H2,1-4H3.